The smallest absolute Gasteiger partial charge is 0.272 e. The van der Waals surface area contributed by atoms with Gasteiger partial charge in [0.05, 0.1) is 12.2 Å². The van der Waals surface area contributed by atoms with Gasteiger partial charge in [0, 0.05) is 43.0 Å². The van der Waals surface area contributed by atoms with Gasteiger partial charge in [-0.25, -0.2) is 4.39 Å². The van der Waals surface area contributed by atoms with Crippen LogP contribution in [-0.4, -0.2) is 59.2 Å². The SMILES string of the molecule is O=C(NCC(=O)N1CCN(c2cccc(Cl)c2)CC1)c1ccc(=O)n(-c2ccc(F)cc2)n1. The summed E-state index contributed by atoms with van der Waals surface area (Å²) in [6.07, 6.45) is 0. The van der Waals surface area contributed by atoms with E-state index in [1.54, 1.807) is 4.90 Å². The molecule has 33 heavy (non-hydrogen) atoms. The molecule has 0 radical (unpaired) electrons. The Morgan fingerprint density at radius 1 is 0.970 bits per heavy atom. The molecule has 4 rings (SSSR count). The van der Waals surface area contributed by atoms with Crippen LogP contribution in [0.2, 0.25) is 5.02 Å². The van der Waals surface area contributed by atoms with Crippen LogP contribution in [0.5, 0.6) is 0 Å². The van der Waals surface area contributed by atoms with Gasteiger partial charge < -0.3 is 15.1 Å². The normalized spacial score (nSPS) is 13.6. The lowest BCUT2D eigenvalue weighted by molar-refractivity contribution is -0.130. The Bertz CT molecular complexity index is 1220. The first kappa shape index (κ1) is 22.5. The average molecular weight is 470 g/mol. The zero-order valence-corrected chi connectivity index (χ0v) is 18.3. The van der Waals surface area contributed by atoms with Crippen molar-refractivity contribution in [3.63, 3.8) is 0 Å². The van der Waals surface area contributed by atoms with Gasteiger partial charge in [-0.2, -0.15) is 9.78 Å². The molecule has 170 valence electrons. The lowest BCUT2D eigenvalue weighted by Crippen LogP contribution is -2.51. The summed E-state index contributed by atoms with van der Waals surface area (Å²) in [5.41, 5.74) is 0.833. The Labute approximate surface area is 194 Å². The maximum absolute atomic E-state index is 13.1. The summed E-state index contributed by atoms with van der Waals surface area (Å²) in [6, 6.07) is 15.2. The second kappa shape index (κ2) is 9.83. The van der Waals surface area contributed by atoms with Crippen LogP contribution in [0.1, 0.15) is 10.5 Å². The van der Waals surface area contributed by atoms with Crippen LogP contribution < -0.4 is 15.8 Å². The van der Waals surface area contributed by atoms with Crippen LogP contribution >= 0.6 is 11.6 Å². The molecule has 0 spiro atoms. The molecular formula is C23H21ClFN5O3. The Hall–Kier alpha value is -3.72. The Morgan fingerprint density at radius 3 is 2.39 bits per heavy atom. The van der Waals surface area contributed by atoms with Crippen molar-refractivity contribution in [2.24, 2.45) is 0 Å². The number of carbonyl (C=O) groups is 2. The molecule has 1 saturated heterocycles. The molecular weight excluding hydrogens is 449 g/mol. The van der Waals surface area contributed by atoms with Crippen molar-refractivity contribution >= 4 is 29.1 Å². The molecule has 2 heterocycles. The standard InChI is InChI=1S/C23H21ClFN5O3/c24-16-2-1-3-19(14-16)28-10-12-29(13-11-28)22(32)15-26-23(33)20-8-9-21(31)30(27-20)18-6-4-17(25)5-7-18/h1-9,14H,10-13,15H2,(H,26,33). The second-order valence-electron chi connectivity index (χ2n) is 7.48. The molecule has 0 unspecified atom stereocenters. The third-order valence-electron chi connectivity index (χ3n) is 5.31. The van der Waals surface area contributed by atoms with Crippen molar-refractivity contribution in [2.45, 2.75) is 0 Å². The van der Waals surface area contributed by atoms with Gasteiger partial charge in [-0.1, -0.05) is 17.7 Å². The van der Waals surface area contributed by atoms with Gasteiger partial charge in [-0.15, -0.1) is 0 Å². The summed E-state index contributed by atoms with van der Waals surface area (Å²) in [7, 11) is 0. The molecule has 2 amide bonds. The highest BCUT2D eigenvalue weighted by atomic mass is 35.5. The van der Waals surface area contributed by atoms with Crippen LogP contribution in [0.3, 0.4) is 0 Å². The molecule has 2 aromatic carbocycles. The lowest BCUT2D eigenvalue weighted by Gasteiger charge is -2.36. The van der Waals surface area contributed by atoms with E-state index in [2.05, 4.69) is 15.3 Å². The number of hydrogen-bond acceptors (Lipinski definition) is 5. The van der Waals surface area contributed by atoms with Gasteiger partial charge in [0.1, 0.15) is 11.5 Å². The van der Waals surface area contributed by atoms with E-state index in [1.807, 2.05) is 24.3 Å². The van der Waals surface area contributed by atoms with Crippen LogP contribution in [0, 0.1) is 5.82 Å². The van der Waals surface area contributed by atoms with Crippen molar-refractivity contribution in [3.8, 4) is 5.69 Å². The largest absolute Gasteiger partial charge is 0.368 e. The van der Waals surface area contributed by atoms with Crippen LogP contribution in [0.4, 0.5) is 10.1 Å². The second-order valence-corrected chi connectivity index (χ2v) is 7.91. The number of carbonyl (C=O) groups excluding carboxylic acids is 2. The molecule has 1 N–H and O–H groups in total. The zero-order chi connectivity index (χ0) is 23.4. The third-order valence-corrected chi connectivity index (χ3v) is 5.55. The molecule has 8 nitrogen and oxygen atoms in total. The Balaban J connectivity index is 1.33. The topological polar surface area (TPSA) is 87.5 Å². The van der Waals surface area contributed by atoms with E-state index < -0.39 is 17.3 Å². The molecule has 0 aliphatic carbocycles. The van der Waals surface area contributed by atoms with E-state index in [1.165, 1.54) is 36.4 Å². The van der Waals surface area contributed by atoms with Gasteiger partial charge in [-0.3, -0.25) is 14.4 Å². The number of benzene rings is 2. The van der Waals surface area contributed by atoms with Crippen molar-refractivity contribution in [1.82, 2.24) is 20.0 Å². The fourth-order valence-electron chi connectivity index (χ4n) is 3.54. The molecule has 3 aromatic rings. The first-order valence-electron chi connectivity index (χ1n) is 10.3. The predicted octanol–water partition coefficient (Wildman–Crippen LogP) is 2.10. The summed E-state index contributed by atoms with van der Waals surface area (Å²) >= 11 is 6.05. The average Bonchev–Trinajstić information content (AvgIpc) is 2.83. The van der Waals surface area contributed by atoms with Crippen LogP contribution in [-0.2, 0) is 4.79 Å². The fraction of sp³-hybridized carbons (Fsp3) is 0.217. The molecule has 1 aliphatic rings. The highest BCUT2D eigenvalue weighted by molar-refractivity contribution is 6.30. The molecule has 1 aromatic heterocycles. The first-order chi connectivity index (χ1) is 15.9. The maximum atomic E-state index is 13.1. The fourth-order valence-corrected chi connectivity index (χ4v) is 3.73. The number of piperazine rings is 1. The minimum absolute atomic E-state index is 0.0301. The first-order valence-corrected chi connectivity index (χ1v) is 10.7. The van der Waals surface area contributed by atoms with E-state index in [4.69, 9.17) is 11.6 Å². The number of amides is 2. The number of nitrogens with one attached hydrogen (secondary N) is 1. The predicted molar refractivity (Wildman–Crippen MR) is 122 cm³/mol. The minimum atomic E-state index is -0.586. The Kier molecular flexibility index (Phi) is 6.69. The summed E-state index contributed by atoms with van der Waals surface area (Å²) in [4.78, 5) is 41.0. The van der Waals surface area contributed by atoms with E-state index in [0.717, 1.165) is 10.4 Å². The monoisotopic (exact) mass is 469 g/mol. The lowest BCUT2D eigenvalue weighted by atomic mass is 10.2. The van der Waals surface area contributed by atoms with Crippen molar-refractivity contribution in [3.05, 3.63) is 87.6 Å². The number of halogens is 2. The summed E-state index contributed by atoms with van der Waals surface area (Å²) in [5.74, 6) is -1.25. The highest BCUT2D eigenvalue weighted by Gasteiger charge is 2.22. The number of aromatic nitrogens is 2. The summed E-state index contributed by atoms with van der Waals surface area (Å²) < 4.78 is 14.2. The van der Waals surface area contributed by atoms with E-state index >= 15 is 0 Å². The number of nitrogens with zero attached hydrogens (tertiary/aromatic N) is 4. The summed E-state index contributed by atoms with van der Waals surface area (Å²) in [5, 5.41) is 7.26. The molecule has 0 bridgehead atoms. The number of anilines is 1. The van der Waals surface area contributed by atoms with Gasteiger partial charge in [0.15, 0.2) is 0 Å². The van der Waals surface area contributed by atoms with Gasteiger partial charge in [0.25, 0.3) is 11.5 Å². The molecule has 0 atom stereocenters. The number of hydrogen-bond donors (Lipinski definition) is 1. The Morgan fingerprint density at radius 2 is 1.70 bits per heavy atom. The molecule has 1 fully saturated rings. The van der Waals surface area contributed by atoms with Crippen LogP contribution in [0.15, 0.2) is 65.5 Å². The molecule has 10 heteroatoms. The van der Waals surface area contributed by atoms with Gasteiger partial charge in [-0.05, 0) is 48.5 Å². The third kappa shape index (κ3) is 5.38. The van der Waals surface area contributed by atoms with E-state index in [9.17, 15) is 18.8 Å². The van der Waals surface area contributed by atoms with Gasteiger partial charge >= 0.3 is 0 Å². The highest BCUT2D eigenvalue weighted by Crippen LogP contribution is 2.20. The molecule has 0 saturated carbocycles. The van der Waals surface area contributed by atoms with E-state index in [-0.39, 0.29) is 18.1 Å². The van der Waals surface area contributed by atoms with Crippen molar-refractivity contribution in [1.29, 1.82) is 0 Å². The van der Waals surface area contributed by atoms with Crippen LogP contribution in [0.25, 0.3) is 5.69 Å². The van der Waals surface area contributed by atoms with Crippen molar-refractivity contribution < 1.29 is 14.0 Å². The van der Waals surface area contributed by atoms with Gasteiger partial charge in [0.2, 0.25) is 5.91 Å². The minimum Gasteiger partial charge on any atom is -0.368 e. The maximum Gasteiger partial charge on any atom is 0.272 e. The quantitative estimate of drug-likeness (QED) is 0.618. The van der Waals surface area contributed by atoms with Crippen molar-refractivity contribution in [2.75, 3.05) is 37.6 Å². The molecule has 1 aliphatic heterocycles. The van der Waals surface area contributed by atoms with E-state index in [0.29, 0.717) is 36.9 Å². The number of rotatable bonds is 5. The summed E-state index contributed by atoms with van der Waals surface area (Å²) in [6.45, 7) is 2.17. The zero-order valence-electron chi connectivity index (χ0n) is 17.6.